The van der Waals surface area contributed by atoms with Crippen LogP contribution in [0.4, 0.5) is 0 Å². The molecule has 1 heterocycles. The summed E-state index contributed by atoms with van der Waals surface area (Å²) >= 11 is 3.39. The molecule has 0 saturated heterocycles. The van der Waals surface area contributed by atoms with Gasteiger partial charge in [0.15, 0.2) is 0 Å². The van der Waals surface area contributed by atoms with E-state index in [4.69, 9.17) is 4.98 Å². The van der Waals surface area contributed by atoms with E-state index < -0.39 is 0 Å². The topological polar surface area (TPSA) is 54.4 Å². The lowest BCUT2D eigenvalue weighted by Gasteiger charge is -2.08. The highest BCUT2D eigenvalue weighted by Gasteiger charge is 2.26. The minimum absolute atomic E-state index is 0.214. The zero-order valence-electron chi connectivity index (χ0n) is 13.4. The van der Waals surface area contributed by atoms with Gasteiger partial charge >= 0.3 is 0 Å². The Hall–Kier alpha value is -2.53. The van der Waals surface area contributed by atoms with Crippen LogP contribution in [-0.4, -0.2) is 17.1 Å². The summed E-state index contributed by atoms with van der Waals surface area (Å²) in [6, 6.07) is 17.4. The fourth-order valence-electron chi connectivity index (χ4n) is 2.75. The lowest BCUT2D eigenvalue weighted by molar-refractivity contribution is 0.0956. The smallest absolute Gasteiger partial charge is 0.267 e. The first-order valence-electron chi connectivity index (χ1n) is 8.19. The monoisotopic (exact) mass is 393 g/mol. The molecule has 4 nitrogen and oxygen atoms in total. The van der Waals surface area contributed by atoms with Crippen LogP contribution in [0.2, 0.25) is 0 Å². The van der Waals surface area contributed by atoms with Crippen molar-refractivity contribution >= 4 is 39.0 Å². The largest absolute Gasteiger partial charge is 0.272 e. The molecule has 1 saturated carbocycles. The van der Waals surface area contributed by atoms with Gasteiger partial charge in [-0.2, -0.15) is 5.10 Å². The predicted octanol–water partition coefficient (Wildman–Crippen LogP) is 4.64. The van der Waals surface area contributed by atoms with Crippen molar-refractivity contribution in [3.63, 3.8) is 0 Å². The summed E-state index contributed by atoms with van der Waals surface area (Å²) in [5.74, 6) is 0.274. The SMILES string of the molecule is O=C(NN=Cc1ccc(Br)cc1)c1cc(C2CC2)nc2ccccc12. The molecule has 1 fully saturated rings. The maximum Gasteiger partial charge on any atom is 0.272 e. The van der Waals surface area contributed by atoms with Gasteiger partial charge in [-0.25, -0.2) is 5.43 Å². The molecular formula is C20H16BrN3O. The molecule has 0 bridgehead atoms. The highest BCUT2D eigenvalue weighted by molar-refractivity contribution is 9.10. The van der Waals surface area contributed by atoms with E-state index >= 15 is 0 Å². The summed E-state index contributed by atoms with van der Waals surface area (Å²) in [4.78, 5) is 17.3. The first-order valence-corrected chi connectivity index (χ1v) is 8.99. The highest BCUT2D eigenvalue weighted by atomic mass is 79.9. The number of hydrazone groups is 1. The number of hydrogen-bond acceptors (Lipinski definition) is 3. The van der Waals surface area contributed by atoms with Crippen LogP contribution in [-0.2, 0) is 0 Å². The fourth-order valence-corrected chi connectivity index (χ4v) is 3.01. The Morgan fingerprint density at radius 3 is 2.68 bits per heavy atom. The van der Waals surface area contributed by atoms with Crippen LogP contribution >= 0.6 is 15.9 Å². The maximum absolute atomic E-state index is 12.6. The molecule has 2 aromatic carbocycles. The number of nitrogens with one attached hydrogen (secondary N) is 1. The summed E-state index contributed by atoms with van der Waals surface area (Å²) < 4.78 is 1.00. The number of nitrogens with zero attached hydrogens (tertiary/aromatic N) is 2. The average Bonchev–Trinajstić information content (AvgIpc) is 3.47. The Kier molecular flexibility index (Phi) is 4.32. The molecule has 1 aliphatic carbocycles. The number of carbonyl (C=O) groups is 1. The summed E-state index contributed by atoms with van der Waals surface area (Å²) in [6.45, 7) is 0. The van der Waals surface area contributed by atoms with E-state index in [1.807, 2.05) is 54.6 Å². The normalized spacial score (nSPS) is 14.1. The highest BCUT2D eigenvalue weighted by Crippen LogP contribution is 2.40. The molecule has 1 aromatic heterocycles. The van der Waals surface area contributed by atoms with E-state index in [9.17, 15) is 4.79 Å². The lowest BCUT2D eigenvalue weighted by atomic mass is 10.1. The van der Waals surface area contributed by atoms with Gasteiger partial charge in [-0.1, -0.05) is 46.3 Å². The molecule has 0 aliphatic heterocycles. The van der Waals surface area contributed by atoms with Gasteiger partial charge in [0.1, 0.15) is 0 Å². The lowest BCUT2D eigenvalue weighted by Crippen LogP contribution is -2.18. The number of hydrogen-bond donors (Lipinski definition) is 1. The number of pyridine rings is 1. The molecule has 4 rings (SSSR count). The van der Waals surface area contributed by atoms with Crippen molar-refractivity contribution in [3.05, 3.63) is 75.9 Å². The molecule has 1 aliphatic rings. The predicted molar refractivity (Wildman–Crippen MR) is 103 cm³/mol. The summed E-state index contributed by atoms with van der Waals surface area (Å²) in [5.41, 5.74) is 6.03. The number of aromatic nitrogens is 1. The second kappa shape index (κ2) is 6.76. The Labute approximate surface area is 154 Å². The molecule has 124 valence electrons. The van der Waals surface area contributed by atoms with E-state index in [0.29, 0.717) is 11.5 Å². The van der Waals surface area contributed by atoms with Crippen molar-refractivity contribution in [3.8, 4) is 0 Å². The molecule has 1 N–H and O–H groups in total. The van der Waals surface area contributed by atoms with Crippen molar-refractivity contribution in [1.29, 1.82) is 0 Å². The molecule has 3 aromatic rings. The molecule has 0 radical (unpaired) electrons. The number of amides is 1. The van der Waals surface area contributed by atoms with Crippen LogP contribution in [0.15, 0.2) is 64.2 Å². The minimum atomic E-state index is -0.214. The van der Waals surface area contributed by atoms with Crippen molar-refractivity contribution in [1.82, 2.24) is 10.4 Å². The number of benzene rings is 2. The van der Waals surface area contributed by atoms with Crippen LogP contribution in [0.1, 0.15) is 40.4 Å². The standard InChI is InChI=1S/C20H16BrN3O/c21-15-9-5-13(6-10-15)12-22-24-20(25)17-11-19(14-7-8-14)23-18-4-2-1-3-16(17)18/h1-6,9-12,14H,7-8H2,(H,24,25). The van der Waals surface area contributed by atoms with E-state index in [-0.39, 0.29) is 5.91 Å². The van der Waals surface area contributed by atoms with Crippen molar-refractivity contribution in [2.45, 2.75) is 18.8 Å². The average molecular weight is 394 g/mol. The van der Waals surface area contributed by atoms with Crippen molar-refractivity contribution < 1.29 is 4.79 Å². The van der Waals surface area contributed by atoms with Crippen molar-refractivity contribution in [2.24, 2.45) is 5.10 Å². The summed E-state index contributed by atoms with van der Waals surface area (Å²) in [7, 11) is 0. The van der Waals surface area contributed by atoms with Crippen LogP contribution in [0.3, 0.4) is 0 Å². The second-order valence-electron chi connectivity index (χ2n) is 6.14. The van der Waals surface area contributed by atoms with E-state index in [2.05, 4.69) is 26.5 Å². The molecule has 0 unspecified atom stereocenters. The van der Waals surface area contributed by atoms with Gasteiger partial charge in [0.2, 0.25) is 0 Å². The third kappa shape index (κ3) is 3.61. The van der Waals surface area contributed by atoms with E-state index in [0.717, 1.165) is 39.5 Å². The van der Waals surface area contributed by atoms with Gasteiger partial charge in [0, 0.05) is 21.5 Å². The third-order valence-electron chi connectivity index (χ3n) is 4.23. The molecule has 0 atom stereocenters. The van der Waals surface area contributed by atoms with Crippen LogP contribution in [0.25, 0.3) is 10.9 Å². The quantitative estimate of drug-likeness (QED) is 0.518. The van der Waals surface area contributed by atoms with Crippen LogP contribution in [0, 0.1) is 0 Å². The summed E-state index contributed by atoms with van der Waals surface area (Å²) in [6.07, 6.45) is 3.93. The second-order valence-corrected chi connectivity index (χ2v) is 7.05. The Balaban J connectivity index is 1.59. The van der Waals surface area contributed by atoms with Crippen molar-refractivity contribution in [2.75, 3.05) is 0 Å². The minimum Gasteiger partial charge on any atom is -0.267 e. The molecular weight excluding hydrogens is 378 g/mol. The Morgan fingerprint density at radius 2 is 1.92 bits per heavy atom. The van der Waals surface area contributed by atoms with Gasteiger partial charge in [-0.15, -0.1) is 0 Å². The molecule has 0 spiro atoms. The molecule has 25 heavy (non-hydrogen) atoms. The number of halogens is 1. The maximum atomic E-state index is 12.6. The molecule has 5 heteroatoms. The number of rotatable bonds is 4. The number of carbonyl (C=O) groups excluding carboxylic acids is 1. The Morgan fingerprint density at radius 1 is 1.16 bits per heavy atom. The first-order chi connectivity index (χ1) is 12.2. The fraction of sp³-hybridized carbons (Fsp3) is 0.150. The third-order valence-corrected chi connectivity index (χ3v) is 4.75. The van der Waals surface area contributed by atoms with Gasteiger partial charge in [-0.05, 0) is 42.7 Å². The van der Waals surface area contributed by atoms with Crippen LogP contribution in [0.5, 0.6) is 0 Å². The number of fused-ring (bicyclic) bond motifs is 1. The van der Waals surface area contributed by atoms with E-state index in [1.54, 1.807) is 6.21 Å². The zero-order valence-corrected chi connectivity index (χ0v) is 15.0. The number of para-hydroxylation sites is 1. The van der Waals surface area contributed by atoms with Gasteiger partial charge < -0.3 is 0 Å². The van der Waals surface area contributed by atoms with Gasteiger partial charge in [-0.3, -0.25) is 9.78 Å². The first kappa shape index (κ1) is 16.0. The molecule has 1 amide bonds. The Bertz CT molecular complexity index is 962. The van der Waals surface area contributed by atoms with E-state index in [1.165, 1.54) is 0 Å². The zero-order chi connectivity index (χ0) is 17.2. The van der Waals surface area contributed by atoms with Crippen LogP contribution < -0.4 is 5.43 Å². The summed E-state index contributed by atoms with van der Waals surface area (Å²) in [5, 5.41) is 4.93. The van der Waals surface area contributed by atoms with Gasteiger partial charge in [0.25, 0.3) is 5.91 Å². The van der Waals surface area contributed by atoms with Gasteiger partial charge in [0.05, 0.1) is 17.3 Å².